The third kappa shape index (κ3) is 8.40. The first-order valence-corrected chi connectivity index (χ1v) is 7.95. The molecule has 0 atom stereocenters. The molecule has 1 heteroatoms. The zero-order chi connectivity index (χ0) is 12.2. The van der Waals surface area contributed by atoms with Gasteiger partial charge in [-0.25, -0.2) is 0 Å². The maximum Gasteiger partial charge on any atom is 0.0495 e. The summed E-state index contributed by atoms with van der Waals surface area (Å²) in [5, 5.41) is 0. The molecule has 0 aliphatic heterocycles. The normalized spacial score (nSPS) is 17.9. The van der Waals surface area contributed by atoms with Crippen LogP contribution in [0, 0.1) is 0 Å². The quantitative estimate of drug-likeness (QED) is 0.369. The van der Waals surface area contributed by atoms with Crippen molar-refractivity contribution >= 4 is 6.21 Å². The van der Waals surface area contributed by atoms with Crippen molar-refractivity contribution in [3.8, 4) is 0 Å². The zero-order valence-electron chi connectivity index (χ0n) is 11.8. The molecular formula is C16H31N. The summed E-state index contributed by atoms with van der Waals surface area (Å²) in [6, 6.07) is 0.674. The summed E-state index contributed by atoms with van der Waals surface area (Å²) < 4.78 is 0. The SMILES string of the molecule is CCCCCCCCCC=NC1CCCCC1. The first-order chi connectivity index (χ1) is 8.43. The van der Waals surface area contributed by atoms with E-state index >= 15 is 0 Å². The van der Waals surface area contributed by atoms with E-state index < -0.39 is 0 Å². The third-order valence-electron chi connectivity index (χ3n) is 3.83. The Bertz CT molecular complexity index is 180. The molecule has 0 bridgehead atoms. The fourth-order valence-corrected chi connectivity index (χ4v) is 2.65. The van der Waals surface area contributed by atoms with Gasteiger partial charge in [0.25, 0.3) is 0 Å². The Balaban J connectivity index is 1.84. The van der Waals surface area contributed by atoms with Crippen molar-refractivity contribution in [1.29, 1.82) is 0 Å². The molecule has 0 radical (unpaired) electrons. The molecule has 0 aromatic carbocycles. The topological polar surface area (TPSA) is 12.4 Å². The van der Waals surface area contributed by atoms with Gasteiger partial charge in [0.2, 0.25) is 0 Å². The number of hydrogen-bond donors (Lipinski definition) is 0. The predicted molar refractivity (Wildman–Crippen MR) is 78.0 cm³/mol. The molecule has 0 heterocycles. The van der Waals surface area contributed by atoms with Gasteiger partial charge in [-0.05, 0) is 31.9 Å². The molecule has 17 heavy (non-hydrogen) atoms. The molecule has 100 valence electrons. The molecule has 0 aromatic rings. The molecule has 0 amide bonds. The minimum atomic E-state index is 0.674. The van der Waals surface area contributed by atoms with Crippen LogP contribution < -0.4 is 0 Å². The van der Waals surface area contributed by atoms with Gasteiger partial charge in [-0.1, -0.05) is 64.7 Å². The molecular weight excluding hydrogens is 206 g/mol. The summed E-state index contributed by atoms with van der Waals surface area (Å²) in [7, 11) is 0. The van der Waals surface area contributed by atoms with Gasteiger partial charge in [-0.15, -0.1) is 0 Å². The molecule has 0 spiro atoms. The van der Waals surface area contributed by atoms with Crippen molar-refractivity contribution in [2.24, 2.45) is 4.99 Å². The number of hydrogen-bond acceptors (Lipinski definition) is 1. The van der Waals surface area contributed by atoms with Crippen molar-refractivity contribution in [3.63, 3.8) is 0 Å². The lowest BCUT2D eigenvalue weighted by Gasteiger charge is -2.17. The van der Waals surface area contributed by atoms with Crippen molar-refractivity contribution < 1.29 is 0 Å². The predicted octanol–water partition coefficient (Wildman–Crippen LogP) is 5.53. The fourth-order valence-electron chi connectivity index (χ4n) is 2.65. The highest BCUT2D eigenvalue weighted by molar-refractivity contribution is 5.57. The summed E-state index contributed by atoms with van der Waals surface area (Å²) in [6.07, 6.45) is 20.2. The van der Waals surface area contributed by atoms with Crippen LogP contribution in [0.15, 0.2) is 4.99 Å². The van der Waals surface area contributed by atoms with Crippen molar-refractivity contribution in [2.75, 3.05) is 0 Å². The molecule has 0 unspecified atom stereocenters. The van der Waals surface area contributed by atoms with Crippen molar-refractivity contribution in [2.45, 2.75) is 96.4 Å². The van der Waals surface area contributed by atoms with Gasteiger partial charge in [0.05, 0.1) is 0 Å². The van der Waals surface area contributed by atoms with E-state index in [1.54, 1.807) is 0 Å². The van der Waals surface area contributed by atoms with E-state index in [1.807, 2.05) is 0 Å². The first-order valence-electron chi connectivity index (χ1n) is 7.95. The summed E-state index contributed by atoms with van der Waals surface area (Å²) in [5.74, 6) is 0. The molecule has 1 saturated carbocycles. The van der Waals surface area contributed by atoms with Crippen LogP contribution in [-0.2, 0) is 0 Å². The number of rotatable bonds is 9. The van der Waals surface area contributed by atoms with Crippen LogP contribution in [0.25, 0.3) is 0 Å². The summed E-state index contributed by atoms with van der Waals surface area (Å²) >= 11 is 0. The highest BCUT2D eigenvalue weighted by Gasteiger charge is 2.10. The second kappa shape index (κ2) is 10.8. The Morgan fingerprint density at radius 1 is 0.882 bits per heavy atom. The lowest BCUT2D eigenvalue weighted by Crippen LogP contribution is -2.09. The second-order valence-electron chi connectivity index (χ2n) is 5.53. The largest absolute Gasteiger partial charge is 0.294 e. The maximum atomic E-state index is 4.71. The Morgan fingerprint density at radius 2 is 1.53 bits per heavy atom. The number of aliphatic imine (C=N–C) groups is 1. The number of nitrogens with zero attached hydrogens (tertiary/aromatic N) is 1. The van der Waals surface area contributed by atoms with E-state index in [4.69, 9.17) is 4.99 Å². The summed E-state index contributed by atoms with van der Waals surface area (Å²) in [5.41, 5.74) is 0. The van der Waals surface area contributed by atoms with Crippen LogP contribution in [0.4, 0.5) is 0 Å². The first kappa shape index (κ1) is 14.7. The Hall–Kier alpha value is -0.330. The van der Waals surface area contributed by atoms with E-state index in [0.717, 1.165) is 0 Å². The van der Waals surface area contributed by atoms with Gasteiger partial charge in [-0.3, -0.25) is 4.99 Å². The van der Waals surface area contributed by atoms with E-state index in [-0.39, 0.29) is 0 Å². The highest BCUT2D eigenvalue weighted by Crippen LogP contribution is 2.20. The zero-order valence-corrected chi connectivity index (χ0v) is 11.8. The van der Waals surface area contributed by atoms with Crippen molar-refractivity contribution in [1.82, 2.24) is 0 Å². The van der Waals surface area contributed by atoms with Gasteiger partial charge < -0.3 is 0 Å². The smallest absolute Gasteiger partial charge is 0.0495 e. The monoisotopic (exact) mass is 237 g/mol. The lowest BCUT2D eigenvalue weighted by molar-refractivity contribution is 0.443. The standard InChI is InChI=1S/C16H31N/c1-2-3-4-5-6-7-8-12-15-17-16-13-10-9-11-14-16/h15-16H,2-14H2,1H3. The average Bonchev–Trinajstić information content (AvgIpc) is 2.38. The summed E-state index contributed by atoms with van der Waals surface area (Å²) in [4.78, 5) is 4.71. The molecule has 1 fully saturated rings. The van der Waals surface area contributed by atoms with Crippen LogP contribution >= 0.6 is 0 Å². The molecule has 1 aliphatic carbocycles. The molecule has 1 aliphatic rings. The van der Waals surface area contributed by atoms with Gasteiger partial charge in [0.1, 0.15) is 0 Å². The Labute approximate surface area is 108 Å². The Kier molecular flexibility index (Phi) is 9.36. The minimum absolute atomic E-state index is 0.674. The van der Waals surface area contributed by atoms with Crippen LogP contribution in [0.5, 0.6) is 0 Å². The van der Waals surface area contributed by atoms with Gasteiger partial charge in [-0.2, -0.15) is 0 Å². The van der Waals surface area contributed by atoms with Crippen LogP contribution in [0.2, 0.25) is 0 Å². The van der Waals surface area contributed by atoms with E-state index in [0.29, 0.717) is 6.04 Å². The lowest BCUT2D eigenvalue weighted by atomic mass is 9.96. The van der Waals surface area contributed by atoms with Crippen molar-refractivity contribution in [3.05, 3.63) is 0 Å². The summed E-state index contributed by atoms with van der Waals surface area (Å²) in [6.45, 7) is 2.28. The highest BCUT2D eigenvalue weighted by atomic mass is 14.8. The van der Waals surface area contributed by atoms with E-state index in [9.17, 15) is 0 Å². The number of unbranched alkanes of at least 4 members (excludes halogenated alkanes) is 7. The molecule has 0 saturated heterocycles. The fraction of sp³-hybridized carbons (Fsp3) is 0.938. The van der Waals surface area contributed by atoms with Crippen LogP contribution in [0.3, 0.4) is 0 Å². The van der Waals surface area contributed by atoms with Crippen LogP contribution in [-0.4, -0.2) is 12.3 Å². The minimum Gasteiger partial charge on any atom is -0.294 e. The van der Waals surface area contributed by atoms with E-state index in [1.165, 1.54) is 83.5 Å². The molecule has 0 N–H and O–H groups in total. The van der Waals surface area contributed by atoms with Crippen LogP contribution in [0.1, 0.15) is 90.4 Å². The molecule has 1 nitrogen and oxygen atoms in total. The van der Waals surface area contributed by atoms with Gasteiger partial charge in [0, 0.05) is 6.04 Å². The Morgan fingerprint density at radius 3 is 2.24 bits per heavy atom. The second-order valence-corrected chi connectivity index (χ2v) is 5.53. The van der Waals surface area contributed by atoms with Gasteiger partial charge >= 0.3 is 0 Å². The van der Waals surface area contributed by atoms with E-state index in [2.05, 4.69) is 13.1 Å². The molecule has 1 rings (SSSR count). The van der Waals surface area contributed by atoms with Gasteiger partial charge in [0.15, 0.2) is 0 Å². The average molecular weight is 237 g/mol. The third-order valence-corrected chi connectivity index (χ3v) is 3.83. The molecule has 0 aromatic heterocycles. The maximum absolute atomic E-state index is 4.71.